The number of pyridine rings is 1. The molecule has 2 spiro atoms. The molecule has 0 radical (unpaired) electrons. The number of halogens is 5. The summed E-state index contributed by atoms with van der Waals surface area (Å²) < 4.78 is 69.0. The number of nitrogens with one attached hydrogen (secondary N) is 2. The molecule has 240 valence electrons. The second-order valence-corrected chi connectivity index (χ2v) is 12.7. The molecule has 13 heteroatoms. The van der Waals surface area contributed by atoms with Crippen LogP contribution in [0, 0.1) is 11.6 Å². The molecular weight excluding hydrogens is 609 g/mol. The average Bonchev–Trinajstić information content (AvgIpc) is 3.64. The minimum atomic E-state index is -4.54. The molecule has 2 N–H and O–H groups in total. The SMILES string of the molecule is O=C(CN1C(=O)C2(CCCN2CC(F)(F)F)CCC1c1cc(F)cc(F)c1)Nc1ccc2c(c1)CC1(C2)C(=O)Nc2ncccc21. The van der Waals surface area contributed by atoms with E-state index in [0.717, 1.165) is 38.6 Å². The van der Waals surface area contributed by atoms with Gasteiger partial charge in [-0.2, -0.15) is 13.2 Å². The van der Waals surface area contributed by atoms with Crippen molar-refractivity contribution in [2.45, 2.75) is 61.7 Å². The van der Waals surface area contributed by atoms with E-state index < -0.39 is 59.7 Å². The van der Waals surface area contributed by atoms with Crippen LogP contribution in [0.4, 0.5) is 33.5 Å². The van der Waals surface area contributed by atoms with Gasteiger partial charge in [-0.05, 0) is 92.1 Å². The molecule has 7 rings (SSSR count). The highest BCUT2D eigenvalue weighted by Gasteiger charge is 2.56. The molecule has 46 heavy (non-hydrogen) atoms. The van der Waals surface area contributed by atoms with Gasteiger partial charge in [0.25, 0.3) is 0 Å². The number of amides is 3. The monoisotopic (exact) mass is 639 g/mol. The normalized spacial score (nSPS) is 25.7. The van der Waals surface area contributed by atoms with Gasteiger partial charge in [0, 0.05) is 23.5 Å². The van der Waals surface area contributed by atoms with Crippen LogP contribution in [0.15, 0.2) is 54.7 Å². The molecule has 4 heterocycles. The van der Waals surface area contributed by atoms with E-state index in [1.165, 1.54) is 0 Å². The van der Waals surface area contributed by atoms with Crippen LogP contribution in [-0.2, 0) is 32.6 Å². The number of nitrogens with zero attached hydrogens (tertiary/aromatic N) is 3. The highest BCUT2D eigenvalue weighted by atomic mass is 19.4. The lowest BCUT2D eigenvalue weighted by Crippen LogP contribution is -2.62. The molecule has 3 unspecified atom stereocenters. The van der Waals surface area contributed by atoms with Crippen LogP contribution < -0.4 is 10.6 Å². The van der Waals surface area contributed by atoms with Gasteiger partial charge in [0.1, 0.15) is 29.5 Å². The van der Waals surface area contributed by atoms with Crippen molar-refractivity contribution in [1.29, 1.82) is 0 Å². The smallest absolute Gasteiger partial charge is 0.325 e. The zero-order chi connectivity index (χ0) is 32.4. The molecule has 4 aliphatic rings. The van der Waals surface area contributed by atoms with Crippen LogP contribution in [0.2, 0.25) is 0 Å². The van der Waals surface area contributed by atoms with Crippen LogP contribution in [0.1, 0.15) is 54.0 Å². The number of fused-ring (bicyclic) bond motifs is 3. The number of alkyl halides is 3. The van der Waals surface area contributed by atoms with E-state index >= 15 is 0 Å². The highest BCUT2D eigenvalue weighted by molar-refractivity contribution is 6.06. The van der Waals surface area contributed by atoms with Crippen LogP contribution in [0.3, 0.4) is 0 Å². The van der Waals surface area contributed by atoms with Crippen molar-refractivity contribution < 1.29 is 36.3 Å². The summed E-state index contributed by atoms with van der Waals surface area (Å²) in [5.74, 6) is -2.63. The number of rotatable bonds is 5. The summed E-state index contributed by atoms with van der Waals surface area (Å²) in [5, 5.41) is 5.64. The van der Waals surface area contributed by atoms with E-state index in [0.29, 0.717) is 36.8 Å². The first-order chi connectivity index (χ1) is 21.9. The van der Waals surface area contributed by atoms with Crippen molar-refractivity contribution in [2.24, 2.45) is 0 Å². The van der Waals surface area contributed by atoms with Crippen molar-refractivity contribution in [2.75, 3.05) is 30.3 Å². The number of benzene rings is 2. The predicted molar refractivity (Wildman–Crippen MR) is 157 cm³/mol. The van der Waals surface area contributed by atoms with Gasteiger partial charge in [-0.15, -0.1) is 0 Å². The number of likely N-dealkylation sites (tertiary alicyclic amines) is 2. The fourth-order valence-corrected chi connectivity index (χ4v) is 7.95. The van der Waals surface area contributed by atoms with Crippen LogP contribution in [0.25, 0.3) is 0 Å². The summed E-state index contributed by atoms with van der Waals surface area (Å²) in [4.78, 5) is 47.3. The number of anilines is 2. The minimum absolute atomic E-state index is 0.0572. The predicted octanol–water partition coefficient (Wildman–Crippen LogP) is 5.05. The van der Waals surface area contributed by atoms with Crippen LogP contribution >= 0.6 is 0 Å². The fraction of sp³-hybridized carbons (Fsp3) is 0.394. The maximum absolute atomic E-state index is 14.2. The molecule has 1 aliphatic carbocycles. The molecule has 2 aromatic carbocycles. The first-order valence-corrected chi connectivity index (χ1v) is 15.1. The lowest BCUT2D eigenvalue weighted by molar-refractivity contribution is -0.172. The standard InChI is InChI=1S/C33H30F5N5O3/c34-22-11-20(12-23(35)14-22)26-6-8-32(7-2-10-42(32)18-33(36,37)38)30(46)43(26)17-27(44)40-24-5-4-19-15-31(16-21(19)13-24)25-3-1-9-39-28(25)41-29(31)45/h1,3-5,9,11-14,26H,2,6-8,10,15-18H2,(H,40,44)(H,39,41,45). The van der Waals surface area contributed by atoms with Gasteiger partial charge in [-0.25, -0.2) is 13.8 Å². The number of aromatic nitrogens is 1. The number of carbonyl (C=O) groups is 3. The Bertz CT molecular complexity index is 1750. The first-order valence-electron chi connectivity index (χ1n) is 15.1. The van der Waals surface area contributed by atoms with Gasteiger partial charge in [0.2, 0.25) is 17.7 Å². The molecule has 2 fully saturated rings. The topological polar surface area (TPSA) is 94.6 Å². The quantitative estimate of drug-likeness (QED) is 0.382. The van der Waals surface area contributed by atoms with Gasteiger partial charge < -0.3 is 15.5 Å². The van der Waals surface area contributed by atoms with Crippen molar-refractivity contribution in [3.63, 3.8) is 0 Å². The third-order valence-electron chi connectivity index (χ3n) is 9.91. The van der Waals surface area contributed by atoms with Crippen molar-refractivity contribution in [1.82, 2.24) is 14.8 Å². The van der Waals surface area contributed by atoms with Crippen molar-refractivity contribution in [3.8, 4) is 0 Å². The average molecular weight is 640 g/mol. The summed E-state index contributed by atoms with van der Waals surface area (Å²) in [5.41, 5.74) is 0.883. The van der Waals surface area contributed by atoms with Crippen LogP contribution in [0.5, 0.6) is 0 Å². The van der Waals surface area contributed by atoms with E-state index in [4.69, 9.17) is 0 Å². The second kappa shape index (κ2) is 10.9. The van der Waals surface area contributed by atoms with Crippen LogP contribution in [-0.4, -0.2) is 63.9 Å². The maximum atomic E-state index is 14.2. The summed E-state index contributed by atoms with van der Waals surface area (Å²) in [7, 11) is 0. The zero-order valence-corrected chi connectivity index (χ0v) is 24.6. The molecule has 0 saturated carbocycles. The van der Waals surface area contributed by atoms with E-state index in [2.05, 4.69) is 15.6 Å². The summed E-state index contributed by atoms with van der Waals surface area (Å²) in [6.45, 7) is -1.74. The second-order valence-electron chi connectivity index (χ2n) is 12.7. The first kappa shape index (κ1) is 30.3. The Balaban J connectivity index is 1.14. The maximum Gasteiger partial charge on any atom is 0.401 e. The van der Waals surface area contributed by atoms with Crippen molar-refractivity contribution >= 4 is 29.2 Å². The van der Waals surface area contributed by atoms with E-state index in [-0.39, 0.29) is 37.3 Å². The Kier molecular flexibility index (Phi) is 7.14. The van der Waals surface area contributed by atoms with Gasteiger partial charge in [-0.1, -0.05) is 12.1 Å². The number of carbonyl (C=O) groups excluding carboxylic acids is 3. The molecule has 3 aromatic rings. The number of piperidine rings is 1. The lowest BCUT2D eigenvalue weighted by atomic mass is 9.79. The summed E-state index contributed by atoms with van der Waals surface area (Å²) in [6.07, 6.45) is -1.33. The Labute approximate surface area is 261 Å². The molecular formula is C33H30F5N5O3. The Morgan fingerprint density at radius 3 is 2.54 bits per heavy atom. The number of hydrogen-bond acceptors (Lipinski definition) is 5. The van der Waals surface area contributed by atoms with E-state index in [1.54, 1.807) is 24.4 Å². The van der Waals surface area contributed by atoms with Gasteiger partial charge in [0.05, 0.1) is 18.0 Å². The number of hydrogen-bond donors (Lipinski definition) is 2. The fourth-order valence-electron chi connectivity index (χ4n) is 7.95. The van der Waals surface area contributed by atoms with E-state index in [9.17, 15) is 36.3 Å². The molecule has 1 aromatic heterocycles. The molecule has 2 saturated heterocycles. The van der Waals surface area contributed by atoms with Gasteiger partial charge in [-0.3, -0.25) is 19.3 Å². The highest BCUT2D eigenvalue weighted by Crippen LogP contribution is 2.48. The summed E-state index contributed by atoms with van der Waals surface area (Å²) in [6, 6.07) is 10.9. The zero-order valence-electron chi connectivity index (χ0n) is 24.6. The third-order valence-corrected chi connectivity index (χ3v) is 9.91. The Hall–Kier alpha value is -4.39. The van der Waals surface area contributed by atoms with Gasteiger partial charge >= 0.3 is 6.18 Å². The molecule has 0 bridgehead atoms. The Morgan fingerprint density at radius 2 is 1.78 bits per heavy atom. The summed E-state index contributed by atoms with van der Waals surface area (Å²) >= 11 is 0. The largest absolute Gasteiger partial charge is 0.401 e. The minimum Gasteiger partial charge on any atom is -0.325 e. The van der Waals surface area contributed by atoms with Crippen molar-refractivity contribution in [3.05, 3.63) is 88.6 Å². The third kappa shape index (κ3) is 5.10. The van der Waals surface area contributed by atoms with E-state index in [1.807, 2.05) is 12.1 Å². The molecule has 3 aliphatic heterocycles. The van der Waals surface area contributed by atoms with Gasteiger partial charge in [0.15, 0.2) is 0 Å². The lowest BCUT2D eigenvalue weighted by Gasteiger charge is -2.48. The molecule has 3 atom stereocenters. The Morgan fingerprint density at radius 1 is 1.02 bits per heavy atom. The molecule has 8 nitrogen and oxygen atoms in total. The molecule has 3 amide bonds.